The summed E-state index contributed by atoms with van der Waals surface area (Å²) in [6, 6.07) is 9.32. The zero-order valence-electron chi connectivity index (χ0n) is 12.7. The molecule has 6 nitrogen and oxygen atoms in total. The lowest BCUT2D eigenvalue weighted by atomic mass is 10.3. The first-order valence-corrected chi connectivity index (χ1v) is 7.77. The molecule has 0 aliphatic rings. The Labute approximate surface area is 138 Å². The van der Waals surface area contributed by atoms with Crippen LogP contribution in [0.25, 0.3) is 0 Å². The van der Waals surface area contributed by atoms with E-state index in [1.807, 2.05) is 31.3 Å². The summed E-state index contributed by atoms with van der Waals surface area (Å²) in [4.78, 5) is 26.8. The molecular formula is C16H15N5OS. The van der Waals surface area contributed by atoms with E-state index in [0.29, 0.717) is 10.9 Å². The normalized spacial score (nSPS) is 10.5. The molecule has 0 saturated heterocycles. The Kier molecular flexibility index (Phi) is 4.38. The highest BCUT2D eigenvalue weighted by Gasteiger charge is 2.19. The van der Waals surface area contributed by atoms with Gasteiger partial charge in [-0.25, -0.2) is 9.97 Å². The molecule has 0 saturated carbocycles. The van der Waals surface area contributed by atoms with Crippen LogP contribution in [0.15, 0.2) is 65.3 Å². The van der Waals surface area contributed by atoms with Gasteiger partial charge in [-0.05, 0) is 36.0 Å². The fraction of sp³-hybridized carbons (Fsp3) is 0.125. The van der Waals surface area contributed by atoms with Crippen molar-refractivity contribution in [2.75, 3.05) is 11.9 Å². The molecule has 0 aliphatic carbocycles. The molecule has 116 valence electrons. The van der Waals surface area contributed by atoms with Crippen LogP contribution in [-0.2, 0) is 7.05 Å². The van der Waals surface area contributed by atoms with Crippen molar-refractivity contribution in [3.63, 3.8) is 0 Å². The van der Waals surface area contributed by atoms with Gasteiger partial charge in [0.2, 0.25) is 0 Å². The SMILES string of the molecule is CN(C(=O)c1cnc(Sc2ccccn2)n1C)c1cccnc1. The highest BCUT2D eigenvalue weighted by molar-refractivity contribution is 7.99. The molecule has 0 atom stereocenters. The van der Waals surface area contributed by atoms with E-state index in [0.717, 1.165) is 10.7 Å². The summed E-state index contributed by atoms with van der Waals surface area (Å²) >= 11 is 1.42. The van der Waals surface area contributed by atoms with Crippen molar-refractivity contribution >= 4 is 23.4 Å². The highest BCUT2D eigenvalue weighted by atomic mass is 32.2. The molecule has 0 N–H and O–H groups in total. The molecule has 3 heterocycles. The van der Waals surface area contributed by atoms with Gasteiger partial charge in [0.25, 0.3) is 5.91 Å². The number of imidazole rings is 1. The molecule has 0 radical (unpaired) electrons. The number of nitrogens with zero attached hydrogens (tertiary/aromatic N) is 5. The first kappa shape index (κ1) is 15.2. The van der Waals surface area contributed by atoms with Gasteiger partial charge in [0.1, 0.15) is 10.7 Å². The largest absolute Gasteiger partial charge is 0.318 e. The molecule has 0 bridgehead atoms. The number of carbonyl (C=O) groups excluding carboxylic acids is 1. The fourth-order valence-corrected chi connectivity index (χ4v) is 2.82. The first-order valence-electron chi connectivity index (χ1n) is 6.95. The summed E-state index contributed by atoms with van der Waals surface area (Å²) in [6.45, 7) is 0. The van der Waals surface area contributed by atoms with Crippen molar-refractivity contribution in [2.24, 2.45) is 7.05 Å². The number of carbonyl (C=O) groups is 1. The van der Waals surface area contributed by atoms with Crippen LogP contribution >= 0.6 is 11.8 Å². The summed E-state index contributed by atoms with van der Waals surface area (Å²) in [7, 11) is 3.54. The maximum Gasteiger partial charge on any atom is 0.276 e. The highest BCUT2D eigenvalue weighted by Crippen LogP contribution is 2.25. The van der Waals surface area contributed by atoms with E-state index in [1.54, 1.807) is 47.4 Å². The Bertz CT molecular complexity index is 804. The molecule has 0 aromatic carbocycles. The van der Waals surface area contributed by atoms with E-state index < -0.39 is 0 Å². The minimum atomic E-state index is -0.138. The third-order valence-electron chi connectivity index (χ3n) is 3.34. The molecule has 3 aromatic rings. The average Bonchev–Trinajstić information content (AvgIpc) is 2.96. The molecule has 0 unspecified atom stereocenters. The summed E-state index contributed by atoms with van der Waals surface area (Å²) in [5.41, 5.74) is 1.24. The molecule has 23 heavy (non-hydrogen) atoms. The second-order valence-corrected chi connectivity index (χ2v) is 5.82. The van der Waals surface area contributed by atoms with Crippen molar-refractivity contribution < 1.29 is 4.79 Å². The summed E-state index contributed by atoms with van der Waals surface area (Å²) in [5.74, 6) is -0.138. The number of hydrogen-bond donors (Lipinski definition) is 0. The lowest BCUT2D eigenvalue weighted by Gasteiger charge is -2.16. The predicted molar refractivity (Wildman–Crippen MR) is 88.5 cm³/mol. The van der Waals surface area contributed by atoms with Gasteiger partial charge in [-0.3, -0.25) is 9.78 Å². The summed E-state index contributed by atoms with van der Waals surface area (Å²) in [6.07, 6.45) is 6.64. The van der Waals surface area contributed by atoms with Crippen LogP contribution in [0.3, 0.4) is 0 Å². The Morgan fingerprint density at radius 3 is 2.70 bits per heavy atom. The molecule has 7 heteroatoms. The van der Waals surface area contributed by atoms with Crippen molar-refractivity contribution in [3.05, 3.63) is 60.8 Å². The van der Waals surface area contributed by atoms with Crippen LogP contribution in [0.2, 0.25) is 0 Å². The smallest absolute Gasteiger partial charge is 0.276 e. The van der Waals surface area contributed by atoms with Gasteiger partial charge in [-0.2, -0.15) is 0 Å². The molecular weight excluding hydrogens is 310 g/mol. The summed E-state index contributed by atoms with van der Waals surface area (Å²) < 4.78 is 1.77. The van der Waals surface area contributed by atoms with Crippen LogP contribution in [0.1, 0.15) is 10.5 Å². The van der Waals surface area contributed by atoms with Crippen molar-refractivity contribution in [3.8, 4) is 0 Å². The number of pyridine rings is 2. The molecule has 3 rings (SSSR count). The molecule has 0 aliphatic heterocycles. The third kappa shape index (κ3) is 3.24. The number of amides is 1. The zero-order valence-corrected chi connectivity index (χ0v) is 13.6. The van der Waals surface area contributed by atoms with Crippen LogP contribution < -0.4 is 4.90 Å². The summed E-state index contributed by atoms with van der Waals surface area (Å²) in [5, 5.41) is 1.55. The number of aromatic nitrogens is 4. The second-order valence-electron chi connectivity index (χ2n) is 4.83. The van der Waals surface area contributed by atoms with E-state index in [-0.39, 0.29) is 5.91 Å². The van der Waals surface area contributed by atoms with Crippen molar-refractivity contribution in [1.29, 1.82) is 0 Å². The Hall–Kier alpha value is -2.67. The van der Waals surface area contributed by atoms with E-state index in [2.05, 4.69) is 15.0 Å². The monoisotopic (exact) mass is 325 g/mol. The van der Waals surface area contributed by atoms with Crippen molar-refractivity contribution in [1.82, 2.24) is 19.5 Å². The van der Waals surface area contributed by atoms with Gasteiger partial charge in [0, 0.05) is 26.5 Å². The Morgan fingerprint density at radius 2 is 2.00 bits per heavy atom. The van der Waals surface area contributed by atoms with E-state index in [9.17, 15) is 4.79 Å². The van der Waals surface area contributed by atoms with Gasteiger partial charge in [-0.1, -0.05) is 6.07 Å². The van der Waals surface area contributed by atoms with Crippen LogP contribution in [0.5, 0.6) is 0 Å². The van der Waals surface area contributed by atoms with Gasteiger partial charge in [0.05, 0.1) is 18.1 Å². The lowest BCUT2D eigenvalue weighted by molar-refractivity contribution is 0.0984. The Morgan fingerprint density at radius 1 is 1.13 bits per heavy atom. The number of anilines is 1. The quantitative estimate of drug-likeness (QED) is 0.738. The van der Waals surface area contributed by atoms with E-state index in [4.69, 9.17) is 0 Å². The maximum atomic E-state index is 12.6. The first-order chi connectivity index (χ1) is 11.2. The van der Waals surface area contributed by atoms with Gasteiger partial charge in [0.15, 0.2) is 5.16 Å². The molecule has 3 aromatic heterocycles. The third-order valence-corrected chi connectivity index (χ3v) is 4.35. The fourth-order valence-electron chi connectivity index (χ4n) is 2.03. The van der Waals surface area contributed by atoms with Crippen LogP contribution in [-0.4, -0.2) is 32.5 Å². The predicted octanol–water partition coefficient (Wildman–Crippen LogP) is 2.64. The second kappa shape index (κ2) is 6.62. The van der Waals surface area contributed by atoms with E-state index >= 15 is 0 Å². The minimum absolute atomic E-state index is 0.138. The number of rotatable bonds is 4. The topological polar surface area (TPSA) is 63.9 Å². The number of hydrogen-bond acceptors (Lipinski definition) is 5. The van der Waals surface area contributed by atoms with Crippen LogP contribution in [0.4, 0.5) is 5.69 Å². The standard InChI is InChI=1S/C16H15N5OS/c1-20(12-6-5-8-17-10-12)15(22)13-11-19-16(21(13)2)23-14-7-3-4-9-18-14/h3-11H,1-2H3. The minimum Gasteiger partial charge on any atom is -0.318 e. The van der Waals surface area contributed by atoms with Gasteiger partial charge in [-0.15, -0.1) is 0 Å². The van der Waals surface area contributed by atoms with Crippen LogP contribution in [0, 0.1) is 0 Å². The zero-order chi connectivity index (χ0) is 16.2. The lowest BCUT2D eigenvalue weighted by Crippen LogP contribution is -2.28. The molecule has 0 fully saturated rings. The Balaban J connectivity index is 1.83. The van der Waals surface area contributed by atoms with Gasteiger partial charge < -0.3 is 9.47 Å². The van der Waals surface area contributed by atoms with Crippen molar-refractivity contribution in [2.45, 2.75) is 10.2 Å². The molecule has 0 spiro atoms. The van der Waals surface area contributed by atoms with Gasteiger partial charge >= 0.3 is 0 Å². The maximum absolute atomic E-state index is 12.6. The molecule has 1 amide bonds. The van der Waals surface area contributed by atoms with E-state index in [1.165, 1.54) is 11.8 Å². The average molecular weight is 325 g/mol.